The summed E-state index contributed by atoms with van der Waals surface area (Å²) < 4.78 is 33.1. The van der Waals surface area contributed by atoms with E-state index in [1.165, 1.54) is 37.4 Å². The molecular weight excluding hydrogens is 586 g/mol. The van der Waals surface area contributed by atoms with Crippen molar-refractivity contribution in [3.8, 4) is 11.5 Å². The summed E-state index contributed by atoms with van der Waals surface area (Å²) in [6.07, 6.45) is 0.469. The second kappa shape index (κ2) is 14.0. The summed E-state index contributed by atoms with van der Waals surface area (Å²) in [7, 11) is 1.49. The first-order valence-corrected chi connectivity index (χ1v) is 13.7. The number of amides is 3. The number of imide groups is 1. The van der Waals surface area contributed by atoms with E-state index >= 15 is 0 Å². The van der Waals surface area contributed by atoms with Crippen molar-refractivity contribution in [1.29, 1.82) is 0 Å². The van der Waals surface area contributed by atoms with Gasteiger partial charge in [0.15, 0.2) is 11.6 Å². The van der Waals surface area contributed by atoms with Crippen molar-refractivity contribution >= 4 is 35.3 Å². The number of hydrogen-bond donors (Lipinski definition) is 3. The topological polar surface area (TPSA) is 130 Å². The highest BCUT2D eigenvalue weighted by molar-refractivity contribution is 6.30. The fraction of sp³-hybridized carbons (Fsp3) is 0.267. The standard InChI is InChI=1S/C30H29ClF2N4O6/c1-3-25(17-4-10-23(29(39)40)24(33)14-17)35-30(41)37-16-27(36-43-22-8-6-21(32)7-9-22)34-15-19(28(37)38)12-18-13-20(31)5-11-26(18)42-2/h4-11,13-14,19,25H,3,12,15-16H2,1-2H3,(H,34,36)(H,35,41)(H,39,40)/t19-,25-/m1/s1. The lowest BCUT2D eigenvalue weighted by Crippen LogP contribution is -2.50. The maximum Gasteiger partial charge on any atom is 0.338 e. The first-order valence-electron chi connectivity index (χ1n) is 13.3. The lowest BCUT2D eigenvalue weighted by atomic mass is 9.97. The summed E-state index contributed by atoms with van der Waals surface area (Å²) >= 11 is 6.19. The van der Waals surface area contributed by atoms with Gasteiger partial charge in [0.1, 0.15) is 17.4 Å². The van der Waals surface area contributed by atoms with Gasteiger partial charge in [-0.05, 0) is 78.6 Å². The predicted octanol–water partition coefficient (Wildman–Crippen LogP) is 5.17. The maximum atomic E-state index is 14.4. The molecule has 1 heterocycles. The van der Waals surface area contributed by atoms with Crippen LogP contribution in [0.5, 0.6) is 11.5 Å². The van der Waals surface area contributed by atoms with Crippen LogP contribution >= 0.6 is 11.6 Å². The van der Waals surface area contributed by atoms with E-state index in [1.807, 2.05) is 0 Å². The maximum absolute atomic E-state index is 14.4. The van der Waals surface area contributed by atoms with Gasteiger partial charge in [0.2, 0.25) is 5.91 Å². The van der Waals surface area contributed by atoms with Gasteiger partial charge in [-0.1, -0.05) is 24.6 Å². The summed E-state index contributed by atoms with van der Waals surface area (Å²) in [5.41, 5.74) is 3.11. The zero-order valence-corrected chi connectivity index (χ0v) is 24.0. The number of benzene rings is 3. The third-order valence-electron chi connectivity index (χ3n) is 6.81. The molecule has 0 fully saturated rings. The van der Waals surface area contributed by atoms with Crippen LogP contribution in [0.2, 0.25) is 5.02 Å². The van der Waals surface area contributed by atoms with Gasteiger partial charge in [0.05, 0.1) is 37.7 Å². The highest BCUT2D eigenvalue weighted by Gasteiger charge is 2.34. The van der Waals surface area contributed by atoms with Gasteiger partial charge in [-0.15, -0.1) is 0 Å². The Morgan fingerprint density at radius 2 is 1.88 bits per heavy atom. The van der Waals surface area contributed by atoms with Gasteiger partial charge >= 0.3 is 12.0 Å². The number of nitrogens with zero attached hydrogens (tertiary/aromatic N) is 2. The molecule has 13 heteroatoms. The Hall–Kier alpha value is -4.71. The average molecular weight is 615 g/mol. The van der Waals surface area contributed by atoms with Crippen LogP contribution in [0.1, 0.15) is 40.9 Å². The summed E-state index contributed by atoms with van der Waals surface area (Å²) in [5.74, 6) is -3.21. The Balaban J connectivity index is 1.59. The van der Waals surface area contributed by atoms with Gasteiger partial charge in [-0.2, -0.15) is 0 Å². The van der Waals surface area contributed by atoms with Gasteiger partial charge in [0.25, 0.3) is 0 Å². The largest absolute Gasteiger partial charge is 0.496 e. The van der Waals surface area contributed by atoms with E-state index < -0.39 is 47.1 Å². The number of aliphatic imine (C=N–C) groups is 1. The van der Waals surface area contributed by atoms with Crippen LogP contribution in [0.15, 0.2) is 65.7 Å². The third kappa shape index (κ3) is 7.77. The molecule has 0 unspecified atom stereocenters. The monoisotopic (exact) mass is 614 g/mol. The highest BCUT2D eigenvalue weighted by atomic mass is 35.5. The van der Waals surface area contributed by atoms with E-state index in [9.17, 15) is 23.2 Å². The van der Waals surface area contributed by atoms with Crippen molar-refractivity contribution in [3.05, 3.63) is 94.0 Å². The Labute approximate surface area is 251 Å². The molecule has 10 nitrogen and oxygen atoms in total. The molecule has 0 aliphatic carbocycles. The SMILES string of the molecule is CC[C@@H](NC(=O)N1CC(NOc2ccc(F)cc2)=NC[C@@H](Cc2cc(Cl)ccc2OC)C1=O)c1ccc(C(=O)O)c(F)c1. The third-order valence-corrected chi connectivity index (χ3v) is 7.05. The number of carbonyl (C=O) groups is 3. The molecule has 1 aliphatic rings. The minimum absolute atomic E-state index is 0.00748. The number of nitrogens with one attached hydrogen (secondary N) is 2. The molecule has 43 heavy (non-hydrogen) atoms. The van der Waals surface area contributed by atoms with Crippen LogP contribution in [0.4, 0.5) is 13.6 Å². The zero-order chi connectivity index (χ0) is 31.1. The molecule has 0 spiro atoms. The fourth-order valence-electron chi connectivity index (χ4n) is 4.55. The molecule has 0 aromatic heterocycles. The van der Waals surface area contributed by atoms with Crippen LogP contribution in [0.25, 0.3) is 0 Å². The Morgan fingerprint density at radius 1 is 1.14 bits per heavy atom. The lowest BCUT2D eigenvalue weighted by Gasteiger charge is -2.26. The fourth-order valence-corrected chi connectivity index (χ4v) is 4.74. The number of aromatic carboxylic acids is 1. The lowest BCUT2D eigenvalue weighted by molar-refractivity contribution is -0.131. The van der Waals surface area contributed by atoms with Crippen molar-refractivity contribution in [2.24, 2.45) is 10.9 Å². The molecular formula is C30H29ClF2N4O6. The van der Waals surface area contributed by atoms with Crippen molar-refractivity contribution in [2.45, 2.75) is 25.8 Å². The number of hydroxylamine groups is 1. The number of methoxy groups -OCH3 is 1. The minimum Gasteiger partial charge on any atom is -0.496 e. The summed E-state index contributed by atoms with van der Waals surface area (Å²) in [5, 5.41) is 12.3. The first kappa shape index (κ1) is 31.2. The molecule has 1 aliphatic heterocycles. The summed E-state index contributed by atoms with van der Waals surface area (Å²) in [6.45, 7) is 1.45. The van der Waals surface area contributed by atoms with Crippen LogP contribution in [-0.4, -0.2) is 53.9 Å². The van der Waals surface area contributed by atoms with Crippen molar-refractivity contribution in [2.75, 3.05) is 20.2 Å². The van der Waals surface area contributed by atoms with E-state index in [0.717, 1.165) is 17.0 Å². The van der Waals surface area contributed by atoms with Crippen LogP contribution < -0.4 is 20.4 Å². The molecule has 3 aromatic rings. The van der Waals surface area contributed by atoms with Crippen LogP contribution in [0, 0.1) is 17.6 Å². The Kier molecular flexibility index (Phi) is 10.1. The summed E-state index contributed by atoms with van der Waals surface area (Å²) in [6, 6.07) is 12.3. The summed E-state index contributed by atoms with van der Waals surface area (Å²) in [4.78, 5) is 49.6. The van der Waals surface area contributed by atoms with E-state index in [4.69, 9.17) is 26.3 Å². The highest BCUT2D eigenvalue weighted by Crippen LogP contribution is 2.27. The molecule has 0 saturated carbocycles. The average Bonchev–Trinajstić information content (AvgIpc) is 3.14. The quantitative estimate of drug-likeness (QED) is 0.284. The molecule has 0 radical (unpaired) electrons. The number of urea groups is 1. The zero-order valence-electron chi connectivity index (χ0n) is 23.3. The van der Waals surface area contributed by atoms with E-state index in [-0.39, 0.29) is 31.1 Å². The number of carbonyl (C=O) groups excluding carboxylic acids is 2. The van der Waals surface area contributed by atoms with Gasteiger partial charge in [-0.25, -0.2) is 23.9 Å². The van der Waals surface area contributed by atoms with Crippen molar-refractivity contribution < 1.29 is 37.8 Å². The molecule has 2 atom stereocenters. The molecule has 3 amide bonds. The van der Waals surface area contributed by atoms with Gasteiger partial charge in [-0.3, -0.25) is 14.7 Å². The number of rotatable bonds is 9. The molecule has 3 aromatic carbocycles. The predicted molar refractivity (Wildman–Crippen MR) is 154 cm³/mol. The molecule has 3 N–H and O–H groups in total. The van der Waals surface area contributed by atoms with Crippen molar-refractivity contribution in [3.63, 3.8) is 0 Å². The first-order chi connectivity index (χ1) is 20.6. The van der Waals surface area contributed by atoms with E-state index in [2.05, 4.69) is 15.8 Å². The van der Waals surface area contributed by atoms with E-state index in [0.29, 0.717) is 28.3 Å². The van der Waals surface area contributed by atoms with Gasteiger partial charge < -0.3 is 20.0 Å². The van der Waals surface area contributed by atoms with Gasteiger partial charge in [0, 0.05) is 5.02 Å². The second-order valence-corrected chi connectivity index (χ2v) is 10.1. The Bertz CT molecular complexity index is 1540. The number of amidine groups is 1. The van der Waals surface area contributed by atoms with Crippen LogP contribution in [0.3, 0.4) is 0 Å². The normalized spacial score (nSPS) is 15.7. The number of carboxylic acid groups (broad SMARTS) is 1. The number of carboxylic acids is 1. The second-order valence-electron chi connectivity index (χ2n) is 9.68. The molecule has 4 rings (SSSR count). The number of ether oxygens (including phenoxy) is 1. The number of halogens is 3. The Morgan fingerprint density at radius 3 is 2.53 bits per heavy atom. The van der Waals surface area contributed by atoms with Crippen LogP contribution in [-0.2, 0) is 11.2 Å². The molecule has 0 bridgehead atoms. The van der Waals surface area contributed by atoms with Crippen molar-refractivity contribution in [1.82, 2.24) is 15.7 Å². The minimum atomic E-state index is -1.42. The number of hydrogen-bond acceptors (Lipinski definition) is 7. The van der Waals surface area contributed by atoms with E-state index in [1.54, 1.807) is 25.1 Å². The smallest absolute Gasteiger partial charge is 0.338 e. The molecule has 0 saturated heterocycles. The molecule has 226 valence electrons.